The Morgan fingerprint density at radius 1 is 1.00 bits per heavy atom. The van der Waals surface area contributed by atoms with Gasteiger partial charge in [-0.15, -0.1) is 0 Å². The van der Waals surface area contributed by atoms with E-state index in [0.29, 0.717) is 17.5 Å². The normalized spacial score (nSPS) is 16.3. The zero-order chi connectivity index (χ0) is 23.4. The Balaban J connectivity index is 1.54. The number of hydrogen-bond acceptors (Lipinski definition) is 3. The second-order valence-electron chi connectivity index (χ2n) is 7.63. The molecule has 4 rings (SSSR count). The smallest absolute Gasteiger partial charge is 0.417 e. The van der Waals surface area contributed by atoms with E-state index < -0.39 is 29.8 Å². The number of carbonyl (C=O) groups is 2. The van der Waals surface area contributed by atoms with E-state index in [2.05, 4.69) is 0 Å². The van der Waals surface area contributed by atoms with Gasteiger partial charge in [0.1, 0.15) is 6.61 Å². The number of ether oxygens (including phenoxy) is 1. The maximum atomic E-state index is 13.4. The van der Waals surface area contributed by atoms with Crippen LogP contribution in [-0.4, -0.2) is 29.5 Å². The van der Waals surface area contributed by atoms with Crippen LogP contribution in [0.2, 0.25) is 0 Å². The lowest BCUT2D eigenvalue weighted by Gasteiger charge is -2.18. The van der Waals surface area contributed by atoms with Crippen molar-refractivity contribution in [1.29, 1.82) is 0 Å². The molecule has 2 amide bonds. The van der Waals surface area contributed by atoms with Crippen LogP contribution in [0.25, 0.3) is 17.2 Å². The molecule has 0 N–H and O–H groups in total. The number of rotatable bonds is 5. The monoisotopic (exact) mass is 451 g/mol. The fraction of sp³-hybridized carbons (Fsp3) is 0.154. The van der Waals surface area contributed by atoms with E-state index >= 15 is 0 Å². The van der Waals surface area contributed by atoms with Gasteiger partial charge in [-0.05, 0) is 46.9 Å². The maximum absolute atomic E-state index is 13.4. The van der Waals surface area contributed by atoms with Gasteiger partial charge in [-0.2, -0.15) is 13.2 Å². The Kier molecular flexibility index (Phi) is 6.31. The van der Waals surface area contributed by atoms with Crippen LogP contribution in [0.4, 0.5) is 18.0 Å². The summed E-state index contributed by atoms with van der Waals surface area (Å²) in [7, 11) is 0. The average Bonchev–Trinajstić information content (AvgIpc) is 3.17. The van der Waals surface area contributed by atoms with Crippen LogP contribution in [0.5, 0.6) is 0 Å². The van der Waals surface area contributed by atoms with Crippen molar-refractivity contribution in [1.82, 2.24) is 4.90 Å². The van der Waals surface area contributed by atoms with Crippen molar-refractivity contribution in [2.75, 3.05) is 6.61 Å². The zero-order valence-corrected chi connectivity index (χ0v) is 17.5. The Bertz CT molecular complexity index is 1190. The standard InChI is InChI=1S/C26H20F3NO3/c27-26(28,29)23-12-5-4-11-22(23)20-10-6-9-19(15-20)13-14-24(31)30-21(17-33-25(30)32)16-18-7-2-1-3-8-18/h1-15,21H,16-17H2/b14-13+. The Hall–Kier alpha value is -3.87. The highest BCUT2D eigenvalue weighted by atomic mass is 19.4. The molecule has 1 heterocycles. The van der Waals surface area contributed by atoms with Crippen molar-refractivity contribution >= 4 is 18.1 Å². The van der Waals surface area contributed by atoms with Crippen LogP contribution in [0.15, 0.2) is 84.9 Å². The number of alkyl halides is 3. The third-order valence-electron chi connectivity index (χ3n) is 5.36. The van der Waals surface area contributed by atoms with Gasteiger partial charge in [0, 0.05) is 6.08 Å². The van der Waals surface area contributed by atoms with E-state index in [-0.39, 0.29) is 12.2 Å². The molecule has 4 nitrogen and oxygen atoms in total. The molecule has 0 bridgehead atoms. The predicted octanol–water partition coefficient (Wildman–Crippen LogP) is 5.98. The number of imide groups is 1. The molecule has 0 spiro atoms. The molecule has 0 saturated carbocycles. The van der Waals surface area contributed by atoms with Crippen LogP contribution in [0.3, 0.4) is 0 Å². The van der Waals surface area contributed by atoms with Gasteiger partial charge in [-0.3, -0.25) is 4.79 Å². The Morgan fingerprint density at radius 3 is 2.48 bits per heavy atom. The van der Waals surface area contributed by atoms with E-state index in [1.807, 2.05) is 30.3 Å². The summed E-state index contributed by atoms with van der Waals surface area (Å²) in [6.07, 6.45) is -2.01. The van der Waals surface area contributed by atoms with Gasteiger partial charge in [-0.25, -0.2) is 9.69 Å². The summed E-state index contributed by atoms with van der Waals surface area (Å²) < 4.78 is 45.2. The number of cyclic esters (lactones) is 1. The van der Waals surface area contributed by atoms with Crippen molar-refractivity contribution in [3.63, 3.8) is 0 Å². The number of nitrogens with zero attached hydrogens (tertiary/aromatic N) is 1. The number of carbonyl (C=O) groups excluding carboxylic acids is 2. The highest BCUT2D eigenvalue weighted by Crippen LogP contribution is 2.37. The summed E-state index contributed by atoms with van der Waals surface area (Å²) in [6, 6.07) is 20.8. The van der Waals surface area contributed by atoms with E-state index in [1.165, 1.54) is 24.3 Å². The highest BCUT2D eigenvalue weighted by Gasteiger charge is 2.37. The predicted molar refractivity (Wildman–Crippen MR) is 118 cm³/mol. The van der Waals surface area contributed by atoms with Crippen LogP contribution in [0, 0.1) is 0 Å². The van der Waals surface area contributed by atoms with Gasteiger partial charge in [0.2, 0.25) is 0 Å². The fourth-order valence-corrected chi connectivity index (χ4v) is 3.81. The molecule has 1 atom stereocenters. The molecule has 1 aliphatic rings. The lowest BCUT2D eigenvalue weighted by Crippen LogP contribution is -2.39. The topological polar surface area (TPSA) is 46.6 Å². The first kappa shape index (κ1) is 22.3. The lowest BCUT2D eigenvalue weighted by molar-refractivity contribution is -0.137. The highest BCUT2D eigenvalue weighted by molar-refractivity contribution is 6.02. The first-order valence-corrected chi connectivity index (χ1v) is 10.3. The first-order valence-electron chi connectivity index (χ1n) is 10.3. The van der Waals surface area contributed by atoms with E-state index in [4.69, 9.17) is 4.74 Å². The minimum absolute atomic E-state index is 0.0534. The van der Waals surface area contributed by atoms with Gasteiger partial charge >= 0.3 is 12.3 Å². The Morgan fingerprint density at radius 2 is 1.73 bits per heavy atom. The summed E-state index contributed by atoms with van der Waals surface area (Å²) >= 11 is 0. The quantitative estimate of drug-likeness (QED) is 0.449. The molecule has 1 aliphatic heterocycles. The third-order valence-corrected chi connectivity index (χ3v) is 5.36. The maximum Gasteiger partial charge on any atom is 0.417 e. The summed E-state index contributed by atoms with van der Waals surface area (Å²) in [6.45, 7) is 0.108. The third kappa shape index (κ3) is 5.14. The van der Waals surface area contributed by atoms with Crippen LogP contribution >= 0.6 is 0 Å². The van der Waals surface area contributed by atoms with E-state index in [9.17, 15) is 22.8 Å². The molecule has 1 saturated heterocycles. The largest absolute Gasteiger partial charge is 0.447 e. The molecule has 0 aliphatic carbocycles. The molecule has 0 radical (unpaired) electrons. The van der Waals surface area contributed by atoms with Crippen molar-refractivity contribution in [2.24, 2.45) is 0 Å². The molecule has 0 aromatic heterocycles. The number of hydrogen-bond donors (Lipinski definition) is 0. The zero-order valence-electron chi connectivity index (χ0n) is 17.5. The second-order valence-corrected chi connectivity index (χ2v) is 7.63. The van der Waals surface area contributed by atoms with Crippen molar-refractivity contribution in [3.05, 3.63) is 102 Å². The second kappa shape index (κ2) is 9.32. The Labute approximate surface area is 188 Å². The van der Waals surface area contributed by atoms with Crippen LogP contribution < -0.4 is 0 Å². The molecule has 1 unspecified atom stereocenters. The van der Waals surface area contributed by atoms with Gasteiger partial charge in [0.25, 0.3) is 5.91 Å². The van der Waals surface area contributed by atoms with Gasteiger partial charge in [0.05, 0.1) is 11.6 Å². The SMILES string of the molecule is O=C(/C=C/c1cccc(-c2ccccc2C(F)(F)F)c1)N1C(=O)OCC1Cc1ccccc1. The van der Waals surface area contributed by atoms with Gasteiger partial charge in [0.15, 0.2) is 0 Å². The summed E-state index contributed by atoms with van der Waals surface area (Å²) in [5.74, 6) is -0.542. The molecule has 1 fully saturated rings. The molecule has 7 heteroatoms. The minimum atomic E-state index is -4.48. The number of halogens is 3. The van der Waals surface area contributed by atoms with Crippen molar-refractivity contribution in [2.45, 2.75) is 18.6 Å². The fourth-order valence-electron chi connectivity index (χ4n) is 3.81. The summed E-state index contributed by atoms with van der Waals surface area (Å²) in [5, 5.41) is 0. The molecule has 3 aromatic rings. The number of amides is 2. The van der Waals surface area contributed by atoms with Crippen molar-refractivity contribution < 1.29 is 27.5 Å². The lowest BCUT2D eigenvalue weighted by atomic mass is 9.97. The van der Waals surface area contributed by atoms with Gasteiger partial charge in [-0.1, -0.05) is 66.7 Å². The van der Waals surface area contributed by atoms with Crippen LogP contribution in [-0.2, 0) is 22.1 Å². The molecule has 33 heavy (non-hydrogen) atoms. The summed E-state index contributed by atoms with van der Waals surface area (Å²) in [5.41, 5.74) is 1.20. The van der Waals surface area contributed by atoms with Crippen LogP contribution in [0.1, 0.15) is 16.7 Å². The molecule has 168 valence electrons. The molecular weight excluding hydrogens is 431 g/mol. The van der Waals surface area contributed by atoms with Crippen molar-refractivity contribution in [3.8, 4) is 11.1 Å². The van der Waals surface area contributed by atoms with E-state index in [0.717, 1.165) is 16.5 Å². The minimum Gasteiger partial charge on any atom is -0.447 e. The van der Waals surface area contributed by atoms with E-state index in [1.54, 1.807) is 30.3 Å². The average molecular weight is 451 g/mol. The molecule has 3 aromatic carbocycles. The first-order chi connectivity index (χ1) is 15.8. The number of benzene rings is 3. The molecular formula is C26H20F3NO3. The van der Waals surface area contributed by atoms with Gasteiger partial charge < -0.3 is 4.74 Å². The summed E-state index contributed by atoms with van der Waals surface area (Å²) in [4.78, 5) is 26.0.